The van der Waals surface area contributed by atoms with Crippen LogP contribution in [0.2, 0.25) is 0 Å². The smallest absolute Gasteiger partial charge is 0.0612 e. The fourth-order valence-electron chi connectivity index (χ4n) is 1.31. The SMILES string of the molecule is CC(C)(/C=C/CO)c1ccccc1. The Morgan fingerprint density at radius 1 is 1.23 bits per heavy atom. The predicted octanol–water partition coefficient (Wildman–Crippen LogP) is 2.51. The van der Waals surface area contributed by atoms with Crippen molar-refractivity contribution in [1.82, 2.24) is 0 Å². The number of rotatable bonds is 3. The van der Waals surface area contributed by atoms with E-state index >= 15 is 0 Å². The Morgan fingerprint density at radius 3 is 2.38 bits per heavy atom. The lowest BCUT2D eigenvalue weighted by Gasteiger charge is -2.20. The van der Waals surface area contributed by atoms with Crippen molar-refractivity contribution in [3.63, 3.8) is 0 Å². The van der Waals surface area contributed by atoms with Gasteiger partial charge in [-0.2, -0.15) is 0 Å². The predicted molar refractivity (Wildman–Crippen MR) is 55.7 cm³/mol. The van der Waals surface area contributed by atoms with Gasteiger partial charge >= 0.3 is 0 Å². The molecule has 1 N–H and O–H groups in total. The van der Waals surface area contributed by atoms with Crippen LogP contribution in [0.5, 0.6) is 0 Å². The van der Waals surface area contributed by atoms with E-state index in [1.165, 1.54) is 5.56 Å². The van der Waals surface area contributed by atoms with Crippen LogP contribution in [-0.2, 0) is 5.41 Å². The molecule has 0 aromatic heterocycles. The largest absolute Gasteiger partial charge is 0.392 e. The summed E-state index contributed by atoms with van der Waals surface area (Å²) in [6.07, 6.45) is 3.81. The Bertz CT molecular complexity index is 272. The van der Waals surface area contributed by atoms with Crippen molar-refractivity contribution in [2.24, 2.45) is 0 Å². The second-order valence-electron chi connectivity index (χ2n) is 3.67. The number of allylic oxidation sites excluding steroid dienone is 1. The van der Waals surface area contributed by atoms with Gasteiger partial charge in [-0.1, -0.05) is 56.3 Å². The molecule has 70 valence electrons. The van der Waals surface area contributed by atoms with Crippen molar-refractivity contribution < 1.29 is 5.11 Å². The van der Waals surface area contributed by atoms with Crippen molar-refractivity contribution in [3.05, 3.63) is 48.0 Å². The molecule has 0 heterocycles. The highest BCUT2D eigenvalue weighted by Crippen LogP contribution is 2.23. The molecule has 0 radical (unpaired) electrons. The van der Waals surface area contributed by atoms with Crippen molar-refractivity contribution in [3.8, 4) is 0 Å². The minimum atomic E-state index is 0.00396. The number of aliphatic hydroxyl groups excluding tert-OH is 1. The summed E-state index contributed by atoms with van der Waals surface area (Å²) in [5.41, 5.74) is 1.27. The van der Waals surface area contributed by atoms with Gasteiger partial charge in [0.2, 0.25) is 0 Å². The number of aliphatic hydroxyl groups is 1. The summed E-state index contributed by atoms with van der Waals surface area (Å²) in [4.78, 5) is 0. The van der Waals surface area contributed by atoms with Crippen LogP contribution in [0.25, 0.3) is 0 Å². The van der Waals surface area contributed by atoms with Crippen LogP contribution >= 0.6 is 0 Å². The molecular formula is C12H16O. The number of hydrogen-bond acceptors (Lipinski definition) is 1. The Morgan fingerprint density at radius 2 is 1.85 bits per heavy atom. The van der Waals surface area contributed by atoms with E-state index in [1.54, 1.807) is 6.08 Å². The highest BCUT2D eigenvalue weighted by Gasteiger charge is 2.15. The molecule has 1 aromatic carbocycles. The van der Waals surface area contributed by atoms with E-state index in [0.717, 1.165) is 0 Å². The van der Waals surface area contributed by atoms with Gasteiger partial charge in [0.25, 0.3) is 0 Å². The van der Waals surface area contributed by atoms with Gasteiger partial charge in [0.05, 0.1) is 6.61 Å². The van der Waals surface area contributed by atoms with Crippen molar-refractivity contribution in [1.29, 1.82) is 0 Å². The zero-order chi connectivity index (χ0) is 9.73. The summed E-state index contributed by atoms with van der Waals surface area (Å²) in [6.45, 7) is 4.37. The van der Waals surface area contributed by atoms with Crippen molar-refractivity contribution >= 4 is 0 Å². The zero-order valence-corrected chi connectivity index (χ0v) is 8.20. The fraction of sp³-hybridized carbons (Fsp3) is 0.333. The minimum absolute atomic E-state index is 0.00396. The van der Waals surface area contributed by atoms with E-state index in [0.29, 0.717) is 0 Å². The molecule has 1 nitrogen and oxygen atoms in total. The quantitative estimate of drug-likeness (QED) is 0.702. The van der Waals surface area contributed by atoms with Crippen molar-refractivity contribution in [2.75, 3.05) is 6.61 Å². The lowest BCUT2D eigenvalue weighted by atomic mass is 9.84. The molecule has 1 rings (SSSR count). The Labute approximate surface area is 79.7 Å². The van der Waals surface area contributed by atoms with Gasteiger partial charge in [0.1, 0.15) is 0 Å². The molecule has 0 saturated heterocycles. The van der Waals surface area contributed by atoms with Gasteiger partial charge in [0.15, 0.2) is 0 Å². The molecule has 0 aliphatic heterocycles. The molecule has 13 heavy (non-hydrogen) atoms. The molecule has 0 saturated carbocycles. The summed E-state index contributed by atoms with van der Waals surface area (Å²) in [5, 5.41) is 8.69. The van der Waals surface area contributed by atoms with Gasteiger partial charge in [-0.15, -0.1) is 0 Å². The van der Waals surface area contributed by atoms with Crippen molar-refractivity contribution in [2.45, 2.75) is 19.3 Å². The van der Waals surface area contributed by atoms with Crippen LogP contribution < -0.4 is 0 Å². The van der Waals surface area contributed by atoms with Gasteiger partial charge in [-0.05, 0) is 5.56 Å². The van der Waals surface area contributed by atoms with Crippen LogP contribution in [0.3, 0.4) is 0 Å². The first-order chi connectivity index (χ1) is 6.17. The maximum atomic E-state index is 8.69. The summed E-state index contributed by atoms with van der Waals surface area (Å²) < 4.78 is 0. The Hall–Kier alpha value is -1.08. The molecule has 1 heteroatoms. The van der Waals surface area contributed by atoms with E-state index in [2.05, 4.69) is 26.0 Å². The van der Waals surface area contributed by atoms with Crippen LogP contribution in [0.1, 0.15) is 19.4 Å². The van der Waals surface area contributed by atoms with Crippen LogP contribution in [-0.4, -0.2) is 11.7 Å². The second kappa shape index (κ2) is 4.24. The molecule has 0 aliphatic carbocycles. The van der Waals surface area contributed by atoms with Crippen LogP contribution in [0.4, 0.5) is 0 Å². The van der Waals surface area contributed by atoms with E-state index in [-0.39, 0.29) is 12.0 Å². The molecule has 0 amide bonds. The van der Waals surface area contributed by atoms with E-state index in [4.69, 9.17) is 5.11 Å². The lowest BCUT2D eigenvalue weighted by molar-refractivity contribution is 0.341. The van der Waals surface area contributed by atoms with E-state index in [1.807, 2.05) is 24.3 Å². The van der Waals surface area contributed by atoms with E-state index < -0.39 is 0 Å². The Balaban J connectivity index is 2.87. The lowest BCUT2D eigenvalue weighted by Crippen LogP contribution is -2.13. The molecule has 1 aromatic rings. The summed E-state index contributed by atoms with van der Waals surface area (Å²) in [5.74, 6) is 0. The maximum absolute atomic E-state index is 8.69. The number of hydrogen-bond donors (Lipinski definition) is 1. The van der Waals surface area contributed by atoms with Crippen LogP contribution in [0.15, 0.2) is 42.5 Å². The zero-order valence-electron chi connectivity index (χ0n) is 8.20. The maximum Gasteiger partial charge on any atom is 0.0612 e. The molecule has 0 spiro atoms. The third-order valence-corrected chi connectivity index (χ3v) is 2.16. The first-order valence-corrected chi connectivity index (χ1v) is 4.51. The first kappa shape index (κ1) is 10.0. The number of benzene rings is 1. The normalized spacial score (nSPS) is 12.2. The van der Waals surface area contributed by atoms with Gasteiger partial charge in [-0.25, -0.2) is 0 Å². The second-order valence-corrected chi connectivity index (χ2v) is 3.67. The summed E-state index contributed by atoms with van der Waals surface area (Å²) in [6, 6.07) is 10.3. The molecule has 0 aliphatic rings. The third-order valence-electron chi connectivity index (χ3n) is 2.16. The summed E-state index contributed by atoms with van der Waals surface area (Å²) in [7, 11) is 0. The standard InChI is InChI=1S/C12H16O/c1-12(2,9-6-10-13)11-7-4-3-5-8-11/h3-9,13H,10H2,1-2H3/b9-6+. The van der Waals surface area contributed by atoms with Gasteiger partial charge in [-0.3, -0.25) is 0 Å². The average Bonchev–Trinajstić information content (AvgIpc) is 2.16. The topological polar surface area (TPSA) is 20.2 Å². The van der Waals surface area contributed by atoms with E-state index in [9.17, 15) is 0 Å². The summed E-state index contributed by atoms with van der Waals surface area (Å²) >= 11 is 0. The third kappa shape index (κ3) is 2.71. The monoisotopic (exact) mass is 176 g/mol. The molecule has 0 unspecified atom stereocenters. The first-order valence-electron chi connectivity index (χ1n) is 4.51. The average molecular weight is 176 g/mol. The van der Waals surface area contributed by atoms with Gasteiger partial charge < -0.3 is 5.11 Å². The highest BCUT2D eigenvalue weighted by atomic mass is 16.2. The Kier molecular flexibility index (Phi) is 3.26. The molecule has 0 bridgehead atoms. The molecular weight excluding hydrogens is 160 g/mol. The van der Waals surface area contributed by atoms with Crippen LogP contribution in [0, 0.1) is 0 Å². The molecule has 0 fully saturated rings. The minimum Gasteiger partial charge on any atom is -0.392 e. The van der Waals surface area contributed by atoms with Gasteiger partial charge in [0, 0.05) is 5.41 Å². The molecule has 0 atom stereocenters. The highest BCUT2D eigenvalue weighted by molar-refractivity contribution is 5.28. The fourth-order valence-corrected chi connectivity index (χ4v) is 1.31.